The summed E-state index contributed by atoms with van der Waals surface area (Å²) in [5, 5.41) is 3.88. The van der Waals surface area contributed by atoms with Gasteiger partial charge in [0.2, 0.25) is 10.0 Å². The molecule has 8 heteroatoms. The smallest absolute Gasteiger partial charge is 0.264 e. The van der Waals surface area contributed by atoms with Gasteiger partial charge in [0.15, 0.2) is 12.4 Å². The SMILES string of the molecule is CN(CCc1noc(COc2ccccc2)n1)S(=O)(=O)Cc1ccccc1. The summed E-state index contributed by atoms with van der Waals surface area (Å²) in [4.78, 5) is 4.24. The molecular weight excluding hydrogens is 366 g/mol. The van der Waals surface area contributed by atoms with Crippen molar-refractivity contribution < 1.29 is 17.7 Å². The Morgan fingerprint density at radius 3 is 2.41 bits per heavy atom. The summed E-state index contributed by atoms with van der Waals surface area (Å²) in [7, 11) is -1.85. The molecule has 7 nitrogen and oxygen atoms in total. The number of rotatable bonds is 9. The number of likely N-dealkylation sites (N-methyl/N-ethyl adjacent to an activating group) is 1. The minimum Gasteiger partial charge on any atom is -0.484 e. The van der Waals surface area contributed by atoms with E-state index in [2.05, 4.69) is 10.1 Å². The van der Waals surface area contributed by atoms with Crippen molar-refractivity contribution in [2.45, 2.75) is 18.8 Å². The number of para-hydroxylation sites is 1. The third kappa shape index (κ3) is 5.63. The predicted molar refractivity (Wildman–Crippen MR) is 100 cm³/mol. The number of ether oxygens (including phenoxy) is 1. The zero-order chi connectivity index (χ0) is 19.1. The molecule has 1 aromatic heterocycles. The maximum Gasteiger partial charge on any atom is 0.264 e. The Balaban J connectivity index is 1.50. The van der Waals surface area contributed by atoms with E-state index in [-0.39, 0.29) is 18.9 Å². The fourth-order valence-electron chi connectivity index (χ4n) is 2.40. The van der Waals surface area contributed by atoms with Gasteiger partial charge in [-0.15, -0.1) is 0 Å². The standard InChI is InChI=1S/C19H21N3O4S/c1-22(27(23,24)15-16-8-4-2-5-9-16)13-12-18-20-19(26-21-18)14-25-17-10-6-3-7-11-17/h2-11H,12-15H2,1H3. The van der Waals surface area contributed by atoms with E-state index in [1.807, 2.05) is 48.5 Å². The first-order valence-electron chi connectivity index (χ1n) is 8.50. The van der Waals surface area contributed by atoms with Crippen LogP contribution in [0.25, 0.3) is 0 Å². The second-order valence-corrected chi connectivity index (χ2v) is 8.10. The van der Waals surface area contributed by atoms with Gasteiger partial charge in [-0.25, -0.2) is 12.7 Å². The van der Waals surface area contributed by atoms with Crippen LogP contribution in [0.2, 0.25) is 0 Å². The quantitative estimate of drug-likeness (QED) is 0.561. The molecule has 0 amide bonds. The maximum absolute atomic E-state index is 12.4. The maximum atomic E-state index is 12.4. The van der Waals surface area contributed by atoms with Crippen molar-refractivity contribution in [3.8, 4) is 5.75 Å². The minimum absolute atomic E-state index is 0.0350. The van der Waals surface area contributed by atoms with Crippen LogP contribution < -0.4 is 4.74 Å². The van der Waals surface area contributed by atoms with Crippen LogP contribution in [0.15, 0.2) is 65.2 Å². The van der Waals surface area contributed by atoms with Crippen LogP contribution in [-0.2, 0) is 28.8 Å². The third-order valence-corrected chi connectivity index (χ3v) is 5.76. The van der Waals surface area contributed by atoms with Gasteiger partial charge < -0.3 is 9.26 Å². The number of hydrogen-bond acceptors (Lipinski definition) is 6. The molecule has 3 rings (SSSR count). The lowest BCUT2D eigenvalue weighted by Crippen LogP contribution is -2.30. The average Bonchev–Trinajstić information content (AvgIpc) is 3.13. The molecule has 0 saturated carbocycles. The topological polar surface area (TPSA) is 85.5 Å². The van der Waals surface area contributed by atoms with Gasteiger partial charge in [0.25, 0.3) is 5.89 Å². The summed E-state index contributed by atoms with van der Waals surface area (Å²) in [6, 6.07) is 18.4. The van der Waals surface area contributed by atoms with E-state index in [1.54, 1.807) is 19.2 Å². The molecule has 0 unspecified atom stereocenters. The van der Waals surface area contributed by atoms with Crippen molar-refractivity contribution in [1.82, 2.24) is 14.4 Å². The molecule has 27 heavy (non-hydrogen) atoms. The van der Waals surface area contributed by atoms with E-state index in [1.165, 1.54) is 4.31 Å². The lowest BCUT2D eigenvalue weighted by atomic mass is 10.2. The molecule has 0 aliphatic carbocycles. The second kappa shape index (κ2) is 8.79. The minimum atomic E-state index is -3.40. The predicted octanol–water partition coefficient (Wildman–Crippen LogP) is 2.65. The molecule has 0 N–H and O–H groups in total. The van der Waals surface area contributed by atoms with Crippen molar-refractivity contribution in [2.75, 3.05) is 13.6 Å². The zero-order valence-electron chi connectivity index (χ0n) is 15.0. The average molecular weight is 387 g/mol. The summed E-state index contributed by atoms with van der Waals surface area (Å²) in [6.07, 6.45) is 0.360. The molecule has 0 bridgehead atoms. The monoisotopic (exact) mass is 387 g/mol. The summed E-state index contributed by atoms with van der Waals surface area (Å²) in [5.74, 6) is 1.48. The lowest BCUT2D eigenvalue weighted by Gasteiger charge is -2.16. The number of hydrogen-bond donors (Lipinski definition) is 0. The molecule has 0 fully saturated rings. The third-order valence-electron chi connectivity index (χ3n) is 3.93. The van der Waals surface area contributed by atoms with Crippen molar-refractivity contribution in [1.29, 1.82) is 0 Å². The lowest BCUT2D eigenvalue weighted by molar-refractivity contribution is 0.242. The second-order valence-electron chi connectivity index (χ2n) is 6.02. The molecule has 0 spiro atoms. The van der Waals surface area contributed by atoms with E-state index in [4.69, 9.17) is 9.26 Å². The molecule has 3 aromatic rings. The van der Waals surface area contributed by atoms with Crippen LogP contribution in [-0.4, -0.2) is 36.5 Å². The molecule has 0 aliphatic rings. The largest absolute Gasteiger partial charge is 0.484 e. The van der Waals surface area contributed by atoms with E-state index in [0.29, 0.717) is 23.9 Å². The molecule has 2 aromatic carbocycles. The van der Waals surface area contributed by atoms with E-state index >= 15 is 0 Å². The van der Waals surface area contributed by atoms with E-state index in [0.717, 1.165) is 5.56 Å². The Bertz CT molecular complexity index is 943. The van der Waals surface area contributed by atoms with Gasteiger partial charge in [-0.3, -0.25) is 0 Å². The summed E-state index contributed by atoms with van der Waals surface area (Å²) >= 11 is 0. The first kappa shape index (κ1) is 19.1. The van der Waals surface area contributed by atoms with E-state index < -0.39 is 10.0 Å². The molecule has 1 heterocycles. The Morgan fingerprint density at radius 1 is 1.04 bits per heavy atom. The van der Waals surface area contributed by atoms with Gasteiger partial charge in [-0.05, 0) is 17.7 Å². The molecule has 0 radical (unpaired) electrons. The normalized spacial score (nSPS) is 11.6. The highest BCUT2D eigenvalue weighted by Crippen LogP contribution is 2.12. The Hall–Kier alpha value is -2.71. The summed E-state index contributed by atoms with van der Waals surface area (Å²) < 4.78 is 36.9. The van der Waals surface area contributed by atoms with E-state index in [9.17, 15) is 8.42 Å². The van der Waals surface area contributed by atoms with Crippen LogP contribution in [0.1, 0.15) is 17.3 Å². The van der Waals surface area contributed by atoms with Crippen LogP contribution in [0, 0.1) is 0 Å². The van der Waals surface area contributed by atoms with Crippen LogP contribution in [0.5, 0.6) is 5.75 Å². The highest BCUT2D eigenvalue weighted by Gasteiger charge is 2.19. The van der Waals surface area contributed by atoms with Gasteiger partial charge in [0, 0.05) is 20.0 Å². The van der Waals surface area contributed by atoms with Crippen molar-refractivity contribution in [3.05, 3.63) is 77.9 Å². The number of benzene rings is 2. The fraction of sp³-hybridized carbons (Fsp3) is 0.263. The molecule has 142 valence electrons. The van der Waals surface area contributed by atoms with Crippen molar-refractivity contribution in [3.63, 3.8) is 0 Å². The van der Waals surface area contributed by atoms with Gasteiger partial charge in [0.05, 0.1) is 5.75 Å². The first-order valence-corrected chi connectivity index (χ1v) is 10.1. The van der Waals surface area contributed by atoms with Gasteiger partial charge >= 0.3 is 0 Å². The van der Waals surface area contributed by atoms with Gasteiger partial charge in [-0.1, -0.05) is 53.7 Å². The van der Waals surface area contributed by atoms with Crippen LogP contribution in [0.4, 0.5) is 0 Å². The summed E-state index contributed by atoms with van der Waals surface area (Å²) in [5.41, 5.74) is 0.754. The molecule has 0 atom stereocenters. The Kier molecular flexibility index (Phi) is 6.20. The number of sulfonamides is 1. The molecular formula is C19H21N3O4S. The number of aromatic nitrogens is 2. The molecule has 0 aliphatic heterocycles. The molecule has 0 saturated heterocycles. The highest BCUT2D eigenvalue weighted by atomic mass is 32.2. The van der Waals surface area contributed by atoms with Crippen LogP contribution in [0.3, 0.4) is 0 Å². The Morgan fingerprint density at radius 2 is 1.70 bits per heavy atom. The number of nitrogens with zero attached hydrogens (tertiary/aromatic N) is 3. The summed E-state index contributed by atoms with van der Waals surface area (Å²) in [6.45, 7) is 0.437. The highest BCUT2D eigenvalue weighted by molar-refractivity contribution is 7.88. The Labute approximate surface area is 158 Å². The van der Waals surface area contributed by atoms with Crippen molar-refractivity contribution >= 4 is 10.0 Å². The van der Waals surface area contributed by atoms with Gasteiger partial charge in [0.1, 0.15) is 5.75 Å². The zero-order valence-corrected chi connectivity index (χ0v) is 15.8. The van der Waals surface area contributed by atoms with Gasteiger partial charge in [-0.2, -0.15) is 4.98 Å². The van der Waals surface area contributed by atoms with Crippen LogP contribution >= 0.6 is 0 Å². The van der Waals surface area contributed by atoms with Crippen molar-refractivity contribution in [2.24, 2.45) is 0 Å². The fourth-order valence-corrected chi connectivity index (χ4v) is 3.61. The first-order chi connectivity index (χ1) is 13.0.